The maximum absolute atomic E-state index is 2.51. The van der Waals surface area contributed by atoms with Gasteiger partial charge < -0.3 is 0 Å². The van der Waals surface area contributed by atoms with Crippen LogP contribution in [0, 0.1) is 11.8 Å². The molecule has 4 aromatic carbocycles. The first-order chi connectivity index (χ1) is 20.1. The molecule has 0 N–H and O–H groups in total. The molecule has 0 spiro atoms. The molecular weight excluding hydrogens is 492 g/mol. The van der Waals surface area contributed by atoms with Gasteiger partial charge in [-0.1, -0.05) is 141 Å². The second-order valence-corrected chi connectivity index (χ2v) is 12.8. The predicted octanol–water partition coefficient (Wildman–Crippen LogP) is 10.3. The summed E-state index contributed by atoms with van der Waals surface area (Å²) in [5, 5.41) is 2.86. The predicted molar refractivity (Wildman–Crippen MR) is 173 cm³/mol. The average Bonchev–Trinajstić information content (AvgIpc) is 3.47. The highest BCUT2D eigenvalue weighted by molar-refractivity contribution is 6.02. The lowest BCUT2D eigenvalue weighted by Gasteiger charge is -2.27. The highest BCUT2D eigenvalue weighted by atomic mass is 14.4. The van der Waals surface area contributed by atoms with Crippen LogP contribution in [-0.4, -0.2) is 0 Å². The number of benzene rings is 4. The van der Waals surface area contributed by atoms with E-state index in [9.17, 15) is 0 Å². The normalized spacial score (nSPS) is 25.4. The summed E-state index contributed by atoms with van der Waals surface area (Å²) in [6.07, 6.45) is 23.7. The smallest absolute Gasteiger partial charge is 0.0159 e. The molecule has 0 fully saturated rings. The Hall–Kier alpha value is -4.42. The first kappa shape index (κ1) is 23.3. The van der Waals surface area contributed by atoms with Crippen molar-refractivity contribution < 1.29 is 0 Å². The van der Waals surface area contributed by atoms with Crippen molar-refractivity contribution in [3.8, 4) is 11.1 Å². The van der Waals surface area contributed by atoms with Gasteiger partial charge in [0.15, 0.2) is 0 Å². The van der Waals surface area contributed by atoms with Crippen LogP contribution in [0.3, 0.4) is 0 Å². The molecule has 0 heterocycles. The topological polar surface area (TPSA) is 0 Å². The number of rotatable bonds is 2. The Morgan fingerprint density at radius 1 is 0.561 bits per heavy atom. The van der Waals surface area contributed by atoms with E-state index < -0.39 is 0 Å². The molecule has 41 heavy (non-hydrogen) atoms. The summed E-state index contributed by atoms with van der Waals surface area (Å²) >= 11 is 0. The third-order valence-electron chi connectivity index (χ3n) is 10.4. The maximum atomic E-state index is 2.51. The molecule has 4 aromatic rings. The summed E-state index contributed by atoms with van der Waals surface area (Å²) in [4.78, 5) is 0. The maximum Gasteiger partial charge on any atom is 0.0159 e. The van der Waals surface area contributed by atoms with Crippen LogP contribution in [0.2, 0.25) is 0 Å². The quantitative estimate of drug-likeness (QED) is 0.245. The monoisotopic (exact) mass is 524 g/mol. The zero-order valence-electron chi connectivity index (χ0n) is 23.5. The van der Waals surface area contributed by atoms with Gasteiger partial charge in [-0.3, -0.25) is 0 Å². The van der Waals surface area contributed by atoms with Gasteiger partial charge in [-0.25, -0.2) is 0 Å². The molecule has 0 aliphatic heterocycles. The summed E-state index contributed by atoms with van der Waals surface area (Å²) in [6.45, 7) is 4.73. The number of allylic oxidation sites excluding steroid dienone is 12. The van der Waals surface area contributed by atoms with Crippen LogP contribution in [0.1, 0.15) is 59.1 Å². The molecule has 0 amide bonds. The molecule has 196 valence electrons. The first-order valence-electron chi connectivity index (χ1n) is 15.0. The van der Waals surface area contributed by atoms with E-state index in [2.05, 4.69) is 147 Å². The molecular formula is C41H32. The minimum atomic E-state index is 0.0168. The lowest BCUT2D eigenvalue weighted by atomic mass is 9.77. The highest BCUT2D eigenvalue weighted by Crippen LogP contribution is 2.52. The van der Waals surface area contributed by atoms with Crippen LogP contribution >= 0.6 is 0 Å². The van der Waals surface area contributed by atoms with Gasteiger partial charge in [-0.15, -0.1) is 0 Å². The Bertz CT molecular complexity index is 1960. The molecule has 0 aromatic heterocycles. The Morgan fingerprint density at radius 2 is 1.27 bits per heavy atom. The Kier molecular flexibility index (Phi) is 4.72. The van der Waals surface area contributed by atoms with Gasteiger partial charge in [0.05, 0.1) is 0 Å². The lowest BCUT2D eigenvalue weighted by molar-refractivity contribution is 0.659. The van der Waals surface area contributed by atoms with Crippen molar-refractivity contribution in [2.24, 2.45) is 11.8 Å². The largest absolute Gasteiger partial charge is 0.0761 e. The van der Waals surface area contributed by atoms with Crippen molar-refractivity contribution in [3.63, 3.8) is 0 Å². The fraction of sp³-hybridized carbons (Fsp3) is 0.171. The zero-order chi connectivity index (χ0) is 27.3. The Balaban J connectivity index is 1.11. The van der Waals surface area contributed by atoms with E-state index in [1.807, 2.05) is 0 Å². The molecule has 5 aliphatic carbocycles. The highest BCUT2D eigenvalue weighted by Gasteiger charge is 2.36. The van der Waals surface area contributed by atoms with Crippen LogP contribution in [0.4, 0.5) is 0 Å². The van der Waals surface area contributed by atoms with Crippen molar-refractivity contribution >= 4 is 21.9 Å². The summed E-state index contributed by atoms with van der Waals surface area (Å²) < 4.78 is 0. The summed E-state index contributed by atoms with van der Waals surface area (Å²) in [7, 11) is 0. The van der Waals surface area contributed by atoms with Crippen LogP contribution in [0.15, 0.2) is 134 Å². The second kappa shape index (κ2) is 8.30. The molecule has 0 saturated carbocycles. The minimum Gasteiger partial charge on any atom is -0.0761 e. The fourth-order valence-electron chi connectivity index (χ4n) is 8.27. The van der Waals surface area contributed by atoms with Gasteiger partial charge in [0.1, 0.15) is 0 Å². The van der Waals surface area contributed by atoms with E-state index in [4.69, 9.17) is 0 Å². The van der Waals surface area contributed by atoms with E-state index in [0.717, 1.165) is 0 Å². The van der Waals surface area contributed by atoms with Gasteiger partial charge >= 0.3 is 0 Å². The van der Waals surface area contributed by atoms with Crippen molar-refractivity contribution in [3.05, 3.63) is 167 Å². The van der Waals surface area contributed by atoms with Crippen LogP contribution in [-0.2, 0) is 5.41 Å². The van der Waals surface area contributed by atoms with Gasteiger partial charge in [0, 0.05) is 29.1 Å². The molecule has 4 unspecified atom stereocenters. The Labute approximate surface area is 242 Å². The molecule has 0 saturated heterocycles. The van der Waals surface area contributed by atoms with E-state index >= 15 is 0 Å². The standard InChI is InChI=1S/C41H32/c1-41(2)38-13-6-5-10-33(38)34-19-18-27(24-39(34)41)26-16-14-25-15-17-28(23-29(25)22-26)30-20-21-37-32-9-4-3-8-31(32)36-12-7-11-35(30)40(36)37/h3-25,29,31-32H,1-2H3. The van der Waals surface area contributed by atoms with Crippen molar-refractivity contribution in [1.29, 1.82) is 0 Å². The number of hydrogen-bond acceptors (Lipinski definition) is 0. The SMILES string of the molecule is CC1(C)c2ccccc2-c2ccc(C3=CC4C=C(c5ccc6c7c(cccc57)C5C=CC=CC65)C=CC4C=C3)cc21. The number of hydrogen-bond donors (Lipinski definition) is 0. The third kappa shape index (κ3) is 3.22. The molecule has 0 radical (unpaired) electrons. The summed E-state index contributed by atoms with van der Waals surface area (Å²) in [6, 6.07) is 27.7. The van der Waals surface area contributed by atoms with E-state index in [-0.39, 0.29) is 5.41 Å². The molecule has 4 atom stereocenters. The van der Waals surface area contributed by atoms with Crippen molar-refractivity contribution in [2.45, 2.75) is 31.1 Å². The van der Waals surface area contributed by atoms with Crippen molar-refractivity contribution in [2.75, 3.05) is 0 Å². The molecule has 9 rings (SSSR count). The molecule has 0 bridgehead atoms. The molecule has 5 aliphatic rings. The lowest BCUT2D eigenvalue weighted by Crippen LogP contribution is -2.15. The van der Waals surface area contributed by atoms with Gasteiger partial charge in [-0.05, 0) is 72.5 Å². The van der Waals surface area contributed by atoms with E-state index in [1.54, 1.807) is 0 Å². The van der Waals surface area contributed by atoms with Crippen LogP contribution in [0.25, 0.3) is 33.0 Å². The van der Waals surface area contributed by atoms with Gasteiger partial charge in [0.25, 0.3) is 0 Å². The zero-order valence-corrected chi connectivity index (χ0v) is 23.5. The van der Waals surface area contributed by atoms with E-state index in [1.165, 1.54) is 66.4 Å². The average molecular weight is 525 g/mol. The Morgan fingerprint density at radius 3 is 2.12 bits per heavy atom. The first-order valence-corrected chi connectivity index (χ1v) is 15.0. The summed E-state index contributed by atoms with van der Waals surface area (Å²) in [5.74, 6) is 1.69. The van der Waals surface area contributed by atoms with Gasteiger partial charge in [-0.2, -0.15) is 0 Å². The molecule has 0 heteroatoms. The fourth-order valence-corrected chi connectivity index (χ4v) is 8.27. The third-order valence-corrected chi connectivity index (χ3v) is 10.4. The van der Waals surface area contributed by atoms with Crippen molar-refractivity contribution in [1.82, 2.24) is 0 Å². The number of fused-ring (bicyclic) bond motifs is 7. The molecule has 0 nitrogen and oxygen atoms in total. The van der Waals surface area contributed by atoms with Crippen LogP contribution in [0.5, 0.6) is 0 Å². The van der Waals surface area contributed by atoms with Crippen LogP contribution < -0.4 is 0 Å². The summed E-state index contributed by atoms with van der Waals surface area (Å²) in [5.41, 5.74) is 14.0. The van der Waals surface area contributed by atoms with E-state index in [0.29, 0.717) is 23.7 Å². The van der Waals surface area contributed by atoms with Gasteiger partial charge in [0.2, 0.25) is 0 Å². The minimum absolute atomic E-state index is 0.0168. The second-order valence-electron chi connectivity index (χ2n) is 12.8.